The van der Waals surface area contributed by atoms with Crippen molar-refractivity contribution in [3.63, 3.8) is 0 Å². The van der Waals surface area contributed by atoms with Gasteiger partial charge < -0.3 is 36.1 Å². The molecule has 1 aliphatic rings. The van der Waals surface area contributed by atoms with Gasteiger partial charge in [0.25, 0.3) is 0 Å². The van der Waals surface area contributed by atoms with Crippen LogP contribution >= 0.6 is 0 Å². The fraction of sp³-hybridized carbons (Fsp3) is 0.341. The molecule has 0 saturated heterocycles. The molecule has 12 nitrogen and oxygen atoms in total. The van der Waals surface area contributed by atoms with Crippen LogP contribution in [0.3, 0.4) is 0 Å². The van der Waals surface area contributed by atoms with E-state index in [0.717, 1.165) is 38.4 Å². The molecule has 292 valence electrons. The summed E-state index contributed by atoms with van der Waals surface area (Å²) in [7, 11) is 1.58. The number of para-hydroxylation sites is 1. The van der Waals surface area contributed by atoms with Crippen LogP contribution in [0, 0.1) is 11.8 Å². The Morgan fingerprint density at radius 2 is 1.32 bits per heavy atom. The lowest BCUT2D eigenvalue weighted by Crippen LogP contribution is -2.54. The average Bonchev–Trinajstić information content (AvgIpc) is 3.62. The molecule has 56 heavy (non-hydrogen) atoms. The Kier molecular flexibility index (Phi) is 13.4. The monoisotopic (exact) mass is 759 g/mol. The molecule has 0 bridgehead atoms. The Labute approximate surface area is 325 Å². The number of carbonyl (C=O) groups excluding carboxylic acids is 4. The Bertz CT molecular complexity index is 2160. The van der Waals surface area contributed by atoms with Crippen LogP contribution in [0.2, 0.25) is 0 Å². The molecule has 1 fully saturated rings. The molecule has 6 N–H and O–H groups in total. The van der Waals surface area contributed by atoms with Gasteiger partial charge in [0.05, 0.1) is 13.5 Å². The van der Waals surface area contributed by atoms with E-state index in [0.29, 0.717) is 50.8 Å². The van der Waals surface area contributed by atoms with Gasteiger partial charge in [-0.15, -0.1) is 0 Å². The number of hydrogen-bond donors (Lipinski definition) is 6. The zero-order chi connectivity index (χ0) is 39.4. The van der Waals surface area contributed by atoms with Crippen LogP contribution in [0.4, 0.5) is 0 Å². The number of carbonyl (C=O) groups is 5. The summed E-state index contributed by atoms with van der Waals surface area (Å²) in [6, 6.07) is 27.1. The van der Waals surface area contributed by atoms with E-state index < -0.39 is 54.0 Å². The van der Waals surface area contributed by atoms with E-state index in [4.69, 9.17) is 4.74 Å². The van der Waals surface area contributed by atoms with Gasteiger partial charge in [-0.3, -0.25) is 24.0 Å². The van der Waals surface area contributed by atoms with Gasteiger partial charge in [0.1, 0.15) is 17.8 Å². The number of hydrogen-bond acceptors (Lipinski definition) is 6. The highest BCUT2D eigenvalue weighted by Gasteiger charge is 2.39. The molecule has 1 aliphatic carbocycles. The molecule has 0 aliphatic heterocycles. The molecule has 0 unspecified atom stereocenters. The summed E-state index contributed by atoms with van der Waals surface area (Å²) in [5, 5.41) is 24.2. The fourth-order valence-corrected chi connectivity index (χ4v) is 7.52. The highest BCUT2D eigenvalue weighted by atomic mass is 16.5. The van der Waals surface area contributed by atoms with E-state index in [1.807, 2.05) is 72.9 Å². The van der Waals surface area contributed by atoms with Crippen molar-refractivity contribution < 1.29 is 33.8 Å². The van der Waals surface area contributed by atoms with Gasteiger partial charge in [0.2, 0.25) is 23.6 Å². The SMILES string of the molecule is COc1ccc(CCNC(=O)[C@@H](CC(=O)O)NC(=O)[C@@H]2CCCC[C@@H]2C(=O)N[C@@H](Cc2c[nH]c3ccccc23)C(=O)NCCc2ccc3ccccc3c2)cc1. The molecule has 1 heterocycles. The second-order valence-electron chi connectivity index (χ2n) is 14.4. The number of carboxylic acids is 1. The standard InChI is InChI=1S/C44H49N5O7/c1-56-33-18-15-28(16-19-33)20-22-45-44(55)39(26-40(50)51)49-42(53)36-12-5-4-11-35(36)41(52)48-38(25-32-27-47-37-13-7-6-10-34(32)37)43(54)46-23-21-29-14-17-30-8-2-3-9-31(30)24-29/h2-3,6-10,13-19,24,27,35-36,38-39,47H,4-5,11-12,20-23,25-26H2,1H3,(H,45,55)(H,46,54)(H,48,52)(H,49,53)(H,50,51)/t35-,36+,38-,39+/m0/s1. The van der Waals surface area contributed by atoms with Gasteiger partial charge in [-0.1, -0.05) is 85.6 Å². The Balaban J connectivity index is 1.11. The third kappa shape index (κ3) is 10.3. The predicted molar refractivity (Wildman–Crippen MR) is 214 cm³/mol. The highest BCUT2D eigenvalue weighted by Crippen LogP contribution is 2.31. The highest BCUT2D eigenvalue weighted by molar-refractivity contribution is 5.95. The largest absolute Gasteiger partial charge is 0.497 e. The topological polar surface area (TPSA) is 179 Å². The van der Waals surface area contributed by atoms with Crippen LogP contribution in [0.5, 0.6) is 5.75 Å². The van der Waals surface area contributed by atoms with Crippen molar-refractivity contribution in [3.8, 4) is 5.75 Å². The molecule has 0 spiro atoms. The van der Waals surface area contributed by atoms with Crippen molar-refractivity contribution in [2.45, 2.75) is 63.5 Å². The van der Waals surface area contributed by atoms with Crippen LogP contribution in [-0.4, -0.2) is 72.0 Å². The summed E-state index contributed by atoms with van der Waals surface area (Å²) in [5.41, 5.74) is 3.80. The number of aromatic amines is 1. The maximum Gasteiger partial charge on any atom is 0.305 e. The second-order valence-corrected chi connectivity index (χ2v) is 14.4. The number of amides is 4. The van der Waals surface area contributed by atoms with Crippen molar-refractivity contribution in [2.75, 3.05) is 20.2 Å². The summed E-state index contributed by atoms with van der Waals surface area (Å²) < 4.78 is 5.18. The summed E-state index contributed by atoms with van der Waals surface area (Å²) in [6.07, 6.45) is 4.72. The van der Waals surface area contributed by atoms with Crippen LogP contribution < -0.4 is 26.0 Å². The van der Waals surface area contributed by atoms with Gasteiger partial charge in [0.15, 0.2) is 0 Å². The predicted octanol–water partition coefficient (Wildman–Crippen LogP) is 4.84. The molecule has 4 amide bonds. The number of aromatic nitrogens is 1. The lowest BCUT2D eigenvalue weighted by Gasteiger charge is -2.32. The van der Waals surface area contributed by atoms with Gasteiger partial charge in [0, 0.05) is 48.4 Å². The maximum absolute atomic E-state index is 14.1. The number of carboxylic acid groups (broad SMARTS) is 1. The molecular formula is C44H49N5O7. The zero-order valence-corrected chi connectivity index (χ0v) is 31.5. The third-order valence-electron chi connectivity index (χ3n) is 10.6. The molecule has 12 heteroatoms. The Morgan fingerprint density at radius 3 is 2.00 bits per heavy atom. The summed E-state index contributed by atoms with van der Waals surface area (Å²) >= 11 is 0. The van der Waals surface area contributed by atoms with Crippen molar-refractivity contribution in [3.05, 3.63) is 114 Å². The third-order valence-corrected chi connectivity index (χ3v) is 10.6. The van der Waals surface area contributed by atoms with E-state index in [1.165, 1.54) is 0 Å². The van der Waals surface area contributed by atoms with Gasteiger partial charge in [-0.2, -0.15) is 0 Å². The minimum Gasteiger partial charge on any atom is -0.497 e. The van der Waals surface area contributed by atoms with E-state index in [9.17, 15) is 29.1 Å². The number of benzene rings is 4. The molecule has 1 saturated carbocycles. The normalized spacial score (nSPS) is 16.4. The van der Waals surface area contributed by atoms with Crippen LogP contribution in [-0.2, 0) is 43.2 Å². The smallest absolute Gasteiger partial charge is 0.305 e. The molecule has 4 atom stereocenters. The minimum atomic E-state index is -1.33. The Morgan fingerprint density at radius 1 is 0.732 bits per heavy atom. The molecule has 5 aromatic rings. The summed E-state index contributed by atoms with van der Waals surface area (Å²) in [6.45, 7) is 0.590. The molecule has 0 radical (unpaired) electrons. The first-order valence-electron chi connectivity index (χ1n) is 19.2. The number of nitrogens with one attached hydrogen (secondary N) is 5. The van der Waals surface area contributed by atoms with Crippen molar-refractivity contribution in [1.82, 2.24) is 26.3 Å². The molecule has 1 aromatic heterocycles. The first-order valence-corrected chi connectivity index (χ1v) is 19.2. The van der Waals surface area contributed by atoms with Crippen LogP contribution in [0.25, 0.3) is 21.7 Å². The number of methoxy groups -OCH3 is 1. The Hall–Kier alpha value is -6.17. The van der Waals surface area contributed by atoms with E-state index in [1.54, 1.807) is 7.11 Å². The van der Waals surface area contributed by atoms with Crippen molar-refractivity contribution >= 4 is 51.3 Å². The molecule has 6 rings (SSSR count). The van der Waals surface area contributed by atoms with E-state index in [-0.39, 0.29) is 18.9 Å². The fourth-order valence-electron chi connectivity index (χ4n) is 7.52. The summed E-state index contributed by atoms with van der Waals surface area (Å²) in [5.74, 6) is -4.07. The number of H-pyrrole nitrogens is 1. The quantitative estimate of drug-likeness (QED) is 0.0786. The van der Waals surface area contributed by atoms with Gasteiger partial charge in [-0.25, -0.2) is 0 Å². The van der Waals surface area contributed by atoms with Crippen molar-refractivity contribution in [2.24, 2.45) is 11.8 Å². The van der Waals surface area contributed by atoms with Crippen LogP contribution in [0.15, 0.2) is 97.2 Å². The van der Waals surface area contributed by atoms with Crippen molar-refractivity contribution in [1.29, 1.82) is 0 Å². The number of aliphatic carboxylic acids is 1. The van der Waals surface area contributed by atoms with Gasteiger partial charge in [-0.05, 0) is 71.3 Å². The second kappa shape index (κ2) is 18.9. The summed E-state index contributed by atoms with van der Waals surface area (Å²) in [4.78, 5) is 69.9. The number of ether oxygens (including phenoxy) is 1. The average molecular weight is 760 g/mol. The maximum atomic E-state index is 14.1. The van der Waals surface area contributed by atoms with Crippen LogP contribution in [0.1, 0.15) is 48.8 Å². The first kappa shape index (κ1) is 39.5. The van der Waals surface area contributed by atoms with Gasteiger partial charge >= 0.3 is 5.97 Å². The van der Waals surface area contributed by atoms with E-state index in [2.05, 4.69) is 50.5 Å². The van der Waals surface area contributed by atoms with E-state index >= 15 is 0 Å². The lowest BCUT2D eigenvalue weighted by molar-refractivity contribution is -0.142. The zero-order valence-electron chi connectivity index (χ0n) is 31.5. The lowest BCUT2D eigenvalue weighted by atomic mass is 9.77. The minimum absolute atomic E-state index is 0.221. The number of fused-ring (bicyclic) bond motifs is 2. The first-order chi connectivity index (χ1) is 27.2. The molecule has 4 aromatic carbocycles. The molecular weight excluding hydrogens is 711 g/mol. The number of rotatable bonds is 17.